The number of carbonyl (C=O) groups is 1. The average molecular weight is 363 g/mol. The van der Waals surface area contributed by atoms with E-state index in [0.717, 1.165) is 24.1 Å². The quantitative estimate of drug-likeness (QED) is 0.804. The van der Waals surface area contributed by atoms with Crippen LogP contribution < -0.4 is 4.74 Å². The lowest BCUT2D eigenvalue weighted by molar-refractivity contribution is 0.101. The molecule has 140 valence electrons. The first kappa shape index (κ1) is 17.8. The van der Waals surface area contributed by atoms with Gasteiger partial charge in [-0.05, 0) is 62.6 Å². The van der Waals surface area contributed by atoms with E-state index in [1.54, 1.807) is 18.2 Å². The number of nitrogens with zero attached hydrogens (tertiary/aromatic N) is 1. The summed E-state index contributed by atoms with van der Waals surface area (Å²) in [4.78, 5) is 15.2. The highest BCUT2D eigenvalue weighted by atomic mass is 16.5. The molecule has 0 saturated carbocycles. The van der Waals surface area contributed by atoms with Gasteiger partial charge in [0.25, 0.3) is 0 Å². The van der Waals surface area contributed by atoms with Crippen molar-refractivity contribution in [3.63, 3.8) is 0 Å². The van der Waals surface area contributed by atoms with Crippen molar-refractivity contribution >= 4 is 11.9 Å². The molecule has 4 nitrogen and oxygen atoms in total. The zero-order chi connectivity index (χ0) is 19.0. The fourth-order valence-electron chi connectivity index (χ4n) is 3.94. The summed E-state index contributed by atoms with van der Waals surface area (Å²) in [6.45, 7) is 5.83. The van der Waals surface area contributed by atoms with Crippen molar-refractivity contribution in [2.24, 2.45) is 0 Å². The number of ether oxygens (including phenoxy) is 1. The summed E-state index contributed by atoms with van der Waals surface area (Å²) < 4.78 is 5.99. The predicted octanol–water partition coefficient (Wildman–Crippen LogP) is 4.69. The van der Waals surface area contributed by atoms with E-state index in [1.165, 1.54) is 12.8 Å². The van der Waals surface area contributed by atoms with Gasteiger partial charge < -0.3 is 9.84 Å². The van der Waals surface area contributed by atoms with Crippen LogP contribution in [0.1, 0.15) is 53.2 Å². The van der Waals surface area contributed by atoms with E-state index in [1.807, 2.05) is 31.2 Å². The van der Waals surface area contributed by atoms with Crippen LogP contribution >= 0.6 is 0 Å². The number of allylic oxidation sites excluding steroid dienone is 1. The highest BCUT2D eigenvalue weighted by Gasteiger charge is 2.32. The Balaban J connectivity index is 1.68. The van der Waals surface area contributed by atoms with E-state index in [-0.39, 0.29) is 11.5 Å². The number of piperidine rings is 1. The Labute approximate surface area is 160 Å². The maximum Gasteiger partial charge on any atom is 0.231 e. The van der Waals surface area contributed by atoms with Crippen LogP contribution in [0.25, 0.3) is 6.08 Å². The second-order valence-corrected chi connectivity index (χ2v) is 7.55. The van der Waals surface area contributed by atoms with E-state index in [2.05, 4.69) is 11.8 Å². The lowest BCUT2D eigenvalue weighted by Gasteiger charge is -2.33. The van der Waals surface area contributed by atoms with Crippen LogP contribution in [0.5, 0.6) is 11.5 Å². The second kappa shape index (κ2) is 7.20. The Morgan fingerprint density at radius 3 is 2.81 bits per heavy atom. The molecule has 0 aromatic heterocycles. The van der Waals surface area contributed by atoms with Gasteiger partial charge in [0.1, 0.15) is 11.5 Å². The Morgan fingerprint density at radius 2 is 2.04 bits per heavy atom. The maximum absolute atomic E-state index is 12.8. The first-order valence-electron chi connectivity index (χ1n) is 9.63. The Hall–Kier alpha value is -2.59. The van der Waals surface area contributed by atoms with Crippen molar-refractivity contribution in [1.82, 2.24) is 4.90 Å². The smallest absolute Gasteiger partial charge is 0.231 e. The summed E-state index contributed by atoms with van der Waals surface area (Å²) in [7, 11) is 0. The fraction of sp³-hybridized carbons (Fsp3) is 0.348. The molecule has 2 aromatic carbocycles. The molecule has 2 heterocycles. The zero-order valence-electron chi connectivity index (χ0n) is 15.9. The van der Waals surface area contributed by atoms with Gasteiger partial charge in [0.2, 0.25) is 5.78 Å². The molecular weight excluding hydrogens is 338 g/mol. The minimum Gasteiger partial charge on any atom is -0.507 e. The molecule has 4 rings (SSSR count). The summed E-state index contributed by atoms with van der Waals surface area (Å²) in [5, 5.41) is 10.5. The van der Waals surface area contributed by atoms with E-state index >= 15 is 0 Å². The summed E-state index contributed by atoms with van der Waals surface area (Å²) >= 11 is 0. The van der Waals surface area contributed by atoms with E-state index < -0.39 is 0 Å². The molecule has 1 saturated heterocycles. The molecular formula is C23H25NO3. The van der Waals surface area contributed by atoms with Crippen molar-refractivity contribution in [2.75, 3.05) is 6.54 Å². The van der Waals surface area contributed by atoms with Gasteiger partial charge in [-0.15, -0.1) is 0 Å². The summed E-state index contributed by atoms with van der Waals surface area (Å²) in [6.07, 6.45) is 5.36. The third kappa shape index (κ3) is 3.37. The fourth-order valence-corrected chi connectivity index (χ4v) is 3.94. The van der Waals surface area contributed by atoms with Crippen molar-refractivity contribution in [3.05, 3.63) is 64.4 Å². The molecule has 0 amide bonds. The molecule has 1 atom stereocenters. The lowest BCUT2D eigenvalue weighted by atomic mass is 10.0. The van der Waals surface area contributed by atoms with Gasteiger partial charge in [0.05, 0.1) is 11.1 Å². The number of ketones is 1. The average Bonchev–Trinajstić information content (AvgIpc) is 2.97. The first-order chi connectivity index (χ1) is 13.0. The number of hydrogen-bond donors (Lipinski definition) is 1. The van der Waals surface area contributed by atoms with Crippen LogP contribution in [0.4, 0.5) is 0 Å². The molecule has 0 radical (unpaired) electrons. The lowest BCUT2D eigenvalue weighted by Crippen LogP contribution is -2.36. The zero-order valence-corrected chi connectivity index (χ0v) is 15.9. The largest absolute Gasteiger partial charge is 0.507 e. The minimum atomic E-state index is -0.124. The minimum absolute atomic E-state index is 0.124. The Kier molecular flexibility index (Phi) is 4.75. The number of aromatic hydroxyl groups is 1. The van der Waals surface area contributed by atoms with Gasteiger partial charge >= 0.3 is 0 Å². The number of phenols is 1. The molecule has 4 heteroatoms. The molecule has 1 fully saturated rings. The van der Waals surface area contributed by atoms with Crippen LogP contribution in [-0.2, 0) is 6.54 Å². The molecule has 0 spiro atoms. The van der Waals surface area contributed by atoms with Gasteiger partial charge in [-0.1, -0.05) is 30.7 Å². The Bertz CT molecular complexity index is 916. The number of likely N-dealkylation sites (tertiary alicyclic amines) is 1. The number of Topliss-reactive ketones (excluding diaryl/α,β-unsaturated/α-hetero) is 1. The SMILES string of the molecule is Cc1ccccc1/C=C1\Oc2c(ccc(O)c2CN2CCCCC2C)C1=O. The standard InChI is InChI=1S/C23H25NO3/c1-15-7-3-4-9-17(15)13-21-22(26)18-10-11-20(25)19(23(18)27-21)14-24-12-6-5-8-16(24)2/h3-4,7,9-11,13,16,25H,5-6,8,12,14H2,1-2H3/b21-13-. The van der Waals surface area contributed by atoms with E-state index in [0.29, 0.717) is 35.2 Å². The van der Waals surface area contributed by atoms with Gasteiger partial charge in [-0.25, -0.2) is 0 Å². The second-order valence-electron chi connectivity index (χ2n) is 7.55. The number of fused-ring (bicyclic) bond motifs is 1. The predicted molar refractivity (Wildman–Crippen MR) is 106 cm³/mol. The van der Waals surface area contributed by atoms with Crippen molar-refractivity contribution < 1.29 is 14.6 Å². The number of carbonyl (C=O) groups excluding carboxylic acids is 1. The number of hydrogen-bond acceptors (Lipinski definition) is 4. The number of aryl methyl sites for hydroxylation is 1. The number of rotatable bonds is 3. The number of benzene rings is 2. The third-order valence-corrected chi connectivity index (χ3v) is 5.69. The molecule has 2 aromatic rings. The highest BCUT2D eigenvalue weighted by Crippen LogP contribution is 2.40. The maximum atomic E-state index is 12.8. The molecule has 0 aliphatic carbocycles. The van der Waals surface area contributed by atoms with Crippen molar-refractivity contribution in [3.8, 4) is 11.5 Å². The molecule has 1 unspecified atom stereocenters. The monoisotopic (exact) mass is 363 g/mol. The van der Waals surface area contributed by atoms with Gasteiger partial charge in [-0.2, -0.15) is 0 Å². The Morgan fingerprint density at radius 1 is 1.22 bits per heavy atom. The van der Waals surface area contributed by atoms with Crippen LogP contribution in [0.2, 0.25) is 0 Å². The van der Waals surface area contributed by atoms with E-state index in [9.17, 15) is 9.90 Å². The normalized spacial score (nSPS) is 21.3. The summed E-state index contributed by atoms with van der Waals surface area (Å²) in [5.41, 5.74) is 3.29. The third-order valence-electron chi connectivity index (χ3n) is 5.69. The number of phenolic OH excluding ortho intramolecular Hbond substituents is 1. The summed E-state index contributed by atoms with van der Waals surface area (Å²) in [5.74, 6) is 0.896. The van der Waals surface area contributed by atoms with Crippen LogP contribution in [-0.4, -0.2) is 28.4 Å². The topological polar surface area (TPSA) is 49.8 Å². The molecule has 1 N–H and O–H groups in total. The van der Waals surface area contributed by atoms with Crippen molar-refractivity contribution in [1.29, 1.82) is 0 Å². The molecule has 2 aliphatic heterocycles. The van der Waals surface area contributed by atoms with Crippen LogP contribution in [0.3, 0.4) is 0 Å². The van der Waals surface area contributed by atoms with Gasteiger partial charge in [0, 0.05) is 12.6 Å². The first-order valence-corrected chi connectivity index (χ1v) is 9.63. The molecule has 0 bridgehead atoms. The molecule has 2 aliphatic rings. The molecule has 27 heavy (non-hydrogen) atoms. The van der Waals surface area contributed by atoms with Crippen LogP contribution in [0.15, 0.2) is 42.2 Å². The van der Waals surface area contributed by atoms with Gasteiger partial charge in [-0.3, -0.25) is 9.69 Å². The highest BCUT2D eigenvalue weighted by molar-refractivity contribution is 6.15. The van der Waals surface area contributed by atoms with E-state index in [4.69, 9.17) is 4.74 Å². The van der Waals surface area contributed by atoms with Crippen molar-refractivity contribution in [2.45, 2.75) is 45.7 Å². The van der Waals surface area contributed by atoms with Crippen LogP contribution in [0, 0.1) is 6.92 Å². The summed E-state index contributed by atoms with van der Waals surface area (Å²) in [6, 6.07) is 11.6. The van der Waals surface area contributed by atoms with Gasteiger partial charge in [0.15, 0.2) is 5.76 Å².